The summed E-state index contributed by atoms with van der Waals surface area (Å²) in [7, 11) is -4.05. The molecule has 1 amide bonds. The number of carbonyl (C=O) groups is 1. The van der Waals surface area contributed by atoms with Crippen molar-refractivity contribution in [3.8, 4) is 0 Å². The first-order valence-corrected chi connectivity index (χ1v) is 12.2. The maximum atomic E-state index is 13.4. The van der Waals surface area contributed by atoms with Gasteiger partial charge in [-0.1, -0.05) is 60.1 Å². The number of pyridine rings is 1. The van der Waals surface area contributed by atoms with Crippen LogP contribution in [-0.4, -0.2) is 25.4 Å². The lowest BCUT2D eigenvalue weighted by atomic mass is 10.1. The summed E-state index contributed by atoms with van der Waals surface area (Å²) in [6.07, 6.45) is 1.72. The van der Waals surface area contributed by atoms with Crippen LogP contribution in [-0.2, 0) is 21.2 Å². The lowest BCUT2D eigenvalue weighted by Crippen LogP contribution is -2.45. The molecule has 1 heterocycles. The lowest BCUT2D eigenvalue weighted by molar-refractivity contribution is -0.117. The van der Waals surface area contributed by atoms with Gasteiger partial charge >= 0.3 is 0 Å². The SMILES string of the molecule is Cc1cc(Cl)ccc1NC(=O)[C@@H](Cc1ccccc1)NS(=O)(=O)c1cccc2cccnc12. The number of aryl methyl sites for hydroxylation is 1. The number of nitrogens with zero attached hydrogens (tertiary/aromatic N) is 1. The first kappa shape index (κ1) is 22.9. The van der Waals surface area contributed by atoms with Gasteiger partial charge in [0.2, 0.25) is 15.9 Å². The van der Waals surface area contributed by atoms with Gasteiger partial charge in [0.15, 0.2) is 0 Å². The third-order valence-electron chi connectivity index (χ3n) is 5.23. The molecule has 0 unspecified atom stereocenters. The Balaban J connectivity index is 1.67. The lowest BCUT2D eigenvalue weighted by Gasteiger charge is -2.20. The Morgan fingerprint density at radius 1 is 1.00 bits per heavy atom. The predicted molar refractivity (Wildman–Crippen MR) is 131 cm³/mol. The monoisotopic (exact) mass is 479 g/mol. The number of carbonyl (C=O) groups excluding carboxylic acids is 1. The fraction of sp³-hybridized carbons (Fsp3) is 0.120. The molecule has 0 spiro atoms. The normalized spacial score (nSPS) is 12.4. The Morgan fingerprint density at radius 2 is 1.76 bits per heavy atom. The van der Waals surface area contributed by atoms with E-state index in [-0.39, 0.29) is 11.3 Å². The van der Waals surface area contributed by atoms with Crippen molar-refractivity contribution in [3.63, 3.8) is 0 Å². The van der Waals surface area contributed by atoms with Crippen LogP contribution >= 0.6 is 11.6 Å². The molecule has 0 fully saturated rings. The summed E-state index contributed by atoms with van der Waals surface area (Å²) in [5, 5.41) is 4.08. The molecule has 168 valence electrons. The van der Waals surface area contributed by atoms with Crippen LogP contribution in [0.4, 0.5) is 5.69 Å². The molecule has 4 aromatic rings. The number of halogens is 1. The first-order valence-electron chi connectivity index (χ1n) is 10.3. The highest BCUT2D eigenvalue weighted by molar-refractivity contribution is 7.89. The molecule has 0 saturated carbocycles. The number of sulfonamides is 1. The van der Waals surface area contributed by atoms with E-state index in [4.69, 9.17) is 11.6 Å². The average Bonchev–Trinajstić information content (AvgIpc) is 2.80. The number of fused-ring (bicyclic) bond motifs is 1. The molecule has 2 N–H and O–H groups in total. The van der Waals surface area contributed by atoms with Crippen LogP contribution in [0.5, 0.6) is 0 Å². The van der Waals surface area contributed by atoms with Crippen molar-refractivity contribution in [1.29, 1.82) is 0 Å². The Morgan fingerprint density at radius 3 is 2.52 bits per heavy atom. The van der Waals surface area contributed by atoms with Crippen molar-refractivity contribution in [2.24, 2.45) is 0 Å². The number of aromatic nitrogens is 1. The minimum Gasteiger partial charge on any atom is -0.324 e. The Kier molecular flexibility index (Phi) is 6.74. The molecule has 1 atom stereocenters. The van der Waals surface area contributed by atoms with Crippen LogP contribution in [0.1, 0.15) is 11.1 Å². The summed E-state index contributed by atoms with van der Waals surface area (Å²) in [4.78, 5) is 17.5. The molecule has 4 rings (SSSR count). The van der Waals surface area contributed by atoms with Gasteiger partial charge in [-0.05, 0) is 54.8 Å². The Bertz CT molecular complexity index is 1400. The van der Waals surface area contributed by atoms with Gasteiger partial charge in [0.25, 0.3) is 0 Å². The van der Waals surface area contributed by atoms with E-state index in [2.05, 4.69) is 15.0 Å². The van der Waals surface area contributed by atoms with Crippen LogP contribution in [0, 0.1) is 6.92 Å². The van der Waals surface area contributed by atoms with Gasteiger partial charge in [-0.3, -0.25) is 9.78 Å². The highest BCUT2D eigenvalue weighted by atomic mass is 35.5. The van der Waals surface area contributed by atoms with Crippen molar-refractivity contribution < 1.29 is 13.2 Å². The van der Waals surface area contributed by atoms with Crippen LogP contribution < -0.4 is 10.0 Å². The number of benzene rings is 3. The Hall–Kier alpha value is -3.26. The predicted octanol–water partition coefficient (Wildman–Crippen LogP) is 4.72. The van der Waals surface area contributed by atoms with E-state index in [0.717, 1.165) is 11.1 Å². The second kappa shape index (κ2) is 9.70. The fourth-order valence-corrected chi connectivity index (χ4v) is 5.17. The van der Waals surface area contributed by atoms with Crippen molar-refractivity contribution in [1.82, 2.24) is 9.71 Å². The molecule has 0 radical (unpaired) electrons. The Labute approximate surface area is 197 Å². The number of hydrogen-bond donors (Lipinski definition) is 2. The summed E-state index contributed by atoms with van der Waals surface area (Å²) < 4.78 is 29.3. The van der Waals surface area contributed by atoms with Crippen LogP contribution in [0.15, 0.2) is 90.0 Å². The molecule has 0 aliphatic carbocycles. The van der Waals surface area contributed by atoms with Gasteiger partial charge in [-0.25, -0.2) is 8.42 Å². The van der Waals surface area contributed by atoms with Crippen LogP contribution in [0.3, 0.4) is 0 Å². The van der Waals surface area contributed by atoms with Gasteiger partial charge in [-0.15, -0.1) is 0 Å². The highest BCUT2D eigenvalue weighted by Gasteiger charge is 2.28. The number of rotatable bonds is 7. The van der Waals surface area contributed by atoms with Crippen molar-refractivity contribution in [3.05, 3.63) is 101 Å². The summed E-state index contributed by atoms with van der Waals surface area (Å²) in [5.74, 6) is -0.471. The van der Waals surface area contributed by atoms with E-state index < -0.39 is 22.0 Å². The molecule has 33 heavy (non-hydrogen) atoms. The van der Waals surface area contributed by atoms with Crippen molar-refractivity contribution in [2.75, 3.05) is 5.32 Å². The van der Waals surface area contributed by atoms with Crippen LogP contribution in [0.25, 0.3) is 10.9 Å². The maximum Gasteiger partial charge on any atom is 0.243 e. The largest absolute Gasteiger partial charge is 0.324 e. The molecular formula is C25H22ClN3O3S. The van der Waals surface area contributed by atoms with Gasteiger partial charge in [0.1, 0.15) is 10.9 Å². The second-order valence-corrected chi connectivity index (χ2v) is 9.76. The summed E-state index contributed by atoms with van der Waals surface area (Å²) in [5.41, 5.74) is 2.51. The zero-order chi connectivity index (χ0) is 23.4. The smallest absolute Gasteiger partial charge is 0.243 e. The minimum atomic E-state index is -4.05. The standard InChI is InChI=1S/C25H22ClN3O3S/c1-17-15-20(26)12-13-21(17)28-25(30)22(16-18-7-3-2-4-8-18)29-33(31,32)23-11-5-9-19-10-6-14-27-24(19)23/h2-15,22,29H,16H2,1H3,(H,28,30)/t22-/m1/s1. The van der Waals surface area contributed by atoms with E-state index in [1.54, 1.807) is 48.7 Å². The highest BCUT2D eigenvalue weighted by Crippen LogP contribution is 2.23. The number of nitrogens with one attached hydrogen (secondary N) is 2. The summed E-state index contributed by atoms with van der Waals surface area (Å²) in [6, 6.07) is 21.8. The average molecular weight is 480 g/mol. The van der Waals surface area contributed by atoms with Gasteiger partial charge in [0, 0.05) is 22.3 Å². The van der Waals surface area contributed by atoms with E-state index >= 15 is 0 Å². The molecule has 0 bridgehead atoms. The number of para-hydroxylation sites is 1. The van der Waals surface area contributed by atoms with Gasteiger partial charge in [0.05, 0.1) is 5.52 Å². The van der Waals surface area contributed by atoms with Crippen LogP contribution in [0.2, 0.25) is 5.02 Å². The van der Waals surface area contributed by atoms with Crippen molar-refractivity contribution in [2.45, 2.75) is 24.3 Å². The molecular weight excluding hydrogens is 458 g/mol. The van der Waals surface area contributed by atoms with E-state index in [1.165, 1.54) is 6.07 Å². The number of hydrogen-bond acceptors (Lipinski definition) is 4. The molecule has 0 aliphatic heterocycles. The topological polar surface area (TPSA) is 88.2 Å². The van der Waals surface area contributed by atoms with Gasteiger partial charge in [-0.2, -0.15) is 4.72 Å². The first-order chi connectivity index (χ1) is 15.8. The third kappa shape index (κ3) is 5.39. The number of amides is 1. The second-order valence-electron chi connectivity index (χ2n) is 7.64. The zero-order valence-corrected chi connectivity index (χ0v) is 19.4. The number of anilines is 1. The molecule has 0 saturated heterocycles. The molecule has 6 nitrogen and oxygen atoms in total. The van der Waals surface area contributed by atoms with Gasteiger partial charge < -0.3 is 5.32 Å². The third-order valence-corrected chi connectivity index (χ3v) is 6.97. The zero-order valence-electron chi connectivity index (χ0n) is 17.8. The molecule has 1 aromatic heterocycles. The fourth-order valence-electron chi connectivity index (χ4n) is 3.57. The molecule has 8 heteroatoms. The van der Waals surface area contributed by atoms with E-state index in [1.807, 2.05) is 37.3 Å². The quantitative estimate of drug-likeness (QED) is 0.401. The minimum absolute atomic E-state index is 0.0223. The molecule has 3 aromatic carbocycles. The summed E-state index contributed by atoms with van der Waals surface area (Å²) >= 11 is 6.02. The van der Waals surface area contributed by atoms with E-state index in [9.17, 15) is 13.2 Å². The maximum absolute atomic E-state index is 13.4. The van der Waals surface area contributed by atoms with Crippen molar-refractivity contribution >= 4 is 44.1 Å². The van der Waals surface area contributed by atoms with E-state index in [0.29, 0.717) is 21.6 Å². The summed E-state index contributed by atoms with van der Waals surface area (Å²) in [6.45, 7) is 1.82. The molecule has 0 aliphatic rings.